The van der Waals surface area contributed by atoms with Crippen LogP contribution in [0, 0.1) is 11.8 Å². The second kappa shape index (κ2) is 5.08. The molecule has 2 bridgehead atoms. The van der Waals surface area contributed by atoms with E-state index in [9.17, 15) is 4.79 Å². The number of rotatable bonds is 2. The van der Waals surface area contributed by atoms with E-state index in [0.29, 0.717) is 17.9 Å². The summed E-state index contributed by atoms with van der Waals surface area (Å²) in [5, 5.41) is 0. The highest BCUT2D eigenvalue weighted by molar-refractivity contribution is 5.69. The zero-order valence-corrected chi connectivity index (χ0v) is 11.8. The standard InChI is InChI=1S/C14H26N2O2/c1-14(2,3)18-13(17)16-9-11-8-12(16)5-4-10(11)6-7-15/h10-12H,4-9,15H2,1-3H3. The highest BCUT2D eigenvalue weighted by Crippen LogP contribution is 2.41. The molecular formula is C14H26N2O2. The van der Waals surface area contributed by atoms with Gasteiger partial charge in [-0.15, -0.1) is 0 Å². The molecule has 0 aromatic heterocycles. The number of ether oxygens (including phenoxy) is 1. The average Bonchev–Trinajstić information content (AvgIpc) is 2.59. The van der Waals surface area contributed by atoms with Gasteiger partial charge in [-0.1, -0.05) is 0 Å². The van der Waals surface area contributed by atoms with Crippen LogP contribution in [-0.4, -0.2) is 35.7 Å². The Morgan fingerprint density at radius 2 is 2.11 bits per heavy atom. The molecule has 1 heterocycles. The normalized spacial score (nSPS) is 31.6. The first-order chi connectivity index (χ1) is 8.40. The summed E-state index contributed by atoms with van der Waals surface area (Å²) in [7, 11) is 0. The molecule has 3 unspecified atom stereocenters. The SMILES string of the molecule is CC(C)(C)OC(=O)N1CC2CC1CCC2CCN. The van der Waals surface area contributed by atoms with Gasteiger partial charge in [-0.25, -0.2) is 4.79 Å². The van der Waals surface area contributed by atoms with Crippen molar-refractivity contribution in [3.63, 3.8) is 0 Å². The van der Waals surface area contributed by atoms with Gasteiger partial charge in [-0.3, -0.25) is 0 Å². The molecule has 0 radical (unpaired) electrons. The lowest BCUT2D eigenvalue weighted by Gasteiger charge is -2.29. The topological polar surface area (TPSA) is 55.6 Å². The minimum absolute atomic E-state index is 0.136. The van der Waals surface area contributed by atoms with Gasteiger partial charge in [0, 0.05) is 12.6 Å². The highest BCUT2D eigenvalue weighted by Gasteiger charge is 2.43. The van der Waals surface area contributed by atoms with Crippen molar-refractivity contribution >= 4 is 6.09 Å². The lowest BCUT2D eigenvalue weighted by Crippen LogP contribution is -2.39. The smallest absolute Gasteiger partial charge is 0.410 e. The summed E-state index contributed by atoms with van der Waals surface area (Å²) in [6.45, 7) is 7.39. The molecule has 4 heteroatoms. The molecule has 1 saturated heterocycles. The maximum atomic E-state index is 12.1. The van der Waals surface area contributed by atoms with Gasteiger partial charge in [0.1, 0.15) is 5.60 Å². The molecule has 1 amide bonds. The first-order valence-electron chi connectivity index (χ1n) is 7.10. The molecule has 2 aliphatic rings. The fourth-order valence-corrected chi connectivity index (χ4v) is 3.35. The molecule has 4 nitrogen and oxygen atoms in total. The molecule has 2 fully saturated rings. The number of hydrogen-bond donors (Lipinski definition) is 1. The van der Waals surface area contributed by atoms with Crippen molar-refractivity contribution in [1.82, 2.24) is 4.90 Å². The molecule has 2 N–H and O–H groups in total. The Hall–Kier alpha value is -0.770. The summed E-state index contributed by atoms with van der Waals surface area (Å²) in [6, 6.07) is 0.402. The molecule has 104 valence electrons. The summed E-state index contributed by atoms with van der Waals surface area (Å²) in [6.07, 6.45) is 4.43. The first-order valence-corrected chi connectivity index (χ1v) is 7.10. The minimum Gasteiger partial charge on any atom is -0.444 e. The zero-order valence-electron chi connectivity index (χ0n) is 11.8. The van der Waals surface area contributed by atoms with Crippen molar-refractivity contribution in [2.24, 2.45) is 17.6 Å². The van der Waals surface area contributed by atoms with Crippen molar-refractivity contribution in [1.29, 1.82) is 0 Å². The minimum atomic E-state index is -0.398. The molecule has 0 aromatic carbocycles. The third kappa shape index (κ3) is 2.97. The predicted octanol–water partition coefficient (Wildman–Crippen LogP) is 2.37. The van der Waals surface area contributed by atoms with Crippen LogP contribution in [0.3, 0.4) is 0 Å². The van der Waals surface area contributed by atoms with Crippen molar-refractivity contribution in [3.05, 3.63) is 0 Å². The largest absolute Gasteiger partial charge is 0.444 e. The van der Waals surface area contributed by atoms with Gasteiger partial charge < -0.3 is 15.4 Å². The molecule has 1 aliphatic heterocycles. The van der Waals surface area contributed by atoms with Crippen LogP contribution in [0.1, 0.15) is 46.5 Å². The van der Waals surface area contributed by atoms with Gasteiger partial charge in [-0.2, -0.15) is 0 Å². The highest BCUT2D eigenvalue weighted by atomic mass is 16.6. The van der Waals surface area contributed by atoms with Gasteiger partial charge in [-0.05, 0) is 64.8 Å². The second-order valence-electron chi connectivity index (χ2n) is 6.70. The van der Waals surface area contributed by atoms with Gasteiger partial charge in [0.2, 0.25) is 0 Å². The Labute approximate surface area is 110 Å². The first kappa shape index (κ1) is 13.7. The van der Waals surface area contributed by atoms with E-state index in [0.717, 1.165) is 32.4 Å². The summed E-state index contributed by atoms with van der Waals surface area (Å²) in [5.41, 5.74) is 5.26. The second-order valence-corrected chi connectivity index (χ2v) is 6.70. The van der Waals surface area contributed by atoms with E-state index in [1.807, 2.05) is 25.7 Å². The van der Waals surface area contributed by atoms with E-state index in [1.165, 1.54) is 6.42 Å². The lowest BCUT2D eigenvalue weighted by molar-refractivity contribution is 0.0223. The summed E-state index contributed by atoms with van der Waals surface area (Å²) in [5.74, 6) is 1.35. The van der Waals surface area contributed by atoms with Crippen LogP contribution in [-0.2, 0) is 4.74 Å². The Morgan fingerprint density at radius 1 is 1.39 bits per heavy atom. The molecule has 1 aliphatic carbocycles. The average molecular weight is 254 g/mol. The van der Waals surface area contributed by atoms with E-state index < -0.39 is 5.60 Å². The number of nitrogens with two attached hydrogens (primary N) is 1. The number of fused-ring (bicyclic) bond motifs is 2. The maximum absolute atomic E-state index is 12.1. The maximum Gasteiger partial charge on any atom is 0.410 e. The number of carbonyl (C=O) groups excluding carboxylic acids is 1. The Balaban J connectivity index is 1.95. The van der Waals surface area contributed by atoms with Crippen molar-refractivity contribution in [2.75, 3.05) is 13.1 Å². The number of hydrogen-bond acceptors (Lipinski definition) is 3. The monoisotopic (exact) mass is 254 g/mol. The zero-order chi connectivity index (χ0) is 13.3. The predicted molar refractivity (Wildman–Crippen MR) is 71.2 cm³/mol. The molecule has 18 heavy (non-hydrogen) atoms. The number of carbonyl (C=O) groups is 1. The Bertz CT molecular complexity index is 311. The van der Waals surface area contributed by atoms with Crippen LogP contribution in [0.2, 0.25) is 0 Å². The molecule has 0 spiro atoms. The van der Waals surface area contributed by atoms with Gasteiger partial charge >= 0.3 is 6.09 Å². The van der Waals surface area contributed by atoms with E-state index in [2.05, 4.69) is 0 Å². The van der Waals surface area contributed by atoms with Crippen LogP contribution >= 0.6 is 0 Å². The van der Waals surface area contributed by atoms with Crippen molar-refractivity contribution in [3.8, 4) is 0 Å². The molecular weight excluding hydrogens is 228 g/mol. The summed E-state index contributed by atoms with van der Waals surface area (Å²) in [4.78, 5) is 14.1. The van der Waals surface area contributed by atoms with Gasteiger partial charge in [0.25, 0.3) is 0 Å². The fourth-order valence-electron chi connectivity index (χ4n) is 3.35. The molecule has 1 saturated carbocycles. The Kier molecular flexibility index (Phi) is 3.85. The number of amides is 1. The van der Waals surface area contributed by atoms with Crippen LogP contribution in [0.25, 0.3) is 0 Å². The number of nitrogens with zero attached hydrogens (tertiary/aromatic N) is 1. The van der Waals surface area contributed by atoms with Crippen molar-refractivity contribution < 1.29 is 9.53 Å². The third-order valence-corrected chi connectivity index (χ3v) is 4.15. The Morgan fingerprint density at radius 3 is 2.72 bits per heavy atom. The van der Waals surface area contributed by atoms with Crippen LogP contribution < -0.4 is 5.73 Å². The van der Waals surface area contributed by atoms with Crippen LogP contribution in [0.15, 0.2) is 0 Å². The fraction of sp³-hybridized carbons (Fsp3) is 0.929. The van der Waals surface area contributed by atoms with Gasteiger partial charge in [0.05, 0.1) is 0 Å². The van der Waals surface area contributed by atoms with E-state index in [-0.39, 0.29) is 6.09 Å². The summed E-state index contributed by atoms with van der Waals surface area (Å²) >= 11 is 0. The van der Waals surface area contributed by atoms with E-state index >= 15 is 0 Å². The molecule has 2 rings (SSSR count). The van der Waals surface area contributed by atoms with Crippen LogP contribution in [0.4, 0.5) is 4.79 Å². The van der Waals surface area contributed by atoms with Crippen molar-refractivity contribution in [2.45, 2.75) is 58.1 Å². The summed E-state index contributed by atoms with van der Waals surface area (Å²) < 4.78 is 5.49. The third-order valence-electron chi connectivity index (χ3n) is 4.15. The molecule has 3 atom stereocenters. The van der Waals surface area contributed by atoms with Crippen LogP contribution in [0.5, 0.6) is 0 Å². The number of likely N-dealkylation sites (tertiary alicyclic amines) is 1. The quantitative estimate of drug-likeness (QED) is 0.823. The molecule has 0 aromatic rings. The lowest BCUT2D eigenvalue weighted by atomic mass is 9.78. The van der Waals surface area contributed by atoms with E-state index in [4.69, 9.17) is 10.5 Å². The van der Waals surface area contributed by atoms with E-state index in [1.54, 1.807) is 0 Å². The van der Waals surface area contributed by atoms with Gasteiger partial charge in [0.15, 0.2) is 0 Å².